The molecule has 1 aromatic carbocycles. The first-order chi connectivity index (χ1) is 8.84. The van der Waals surface area contributed by atoms with Gasteiger partial charge < -0.3 is 20.5 Å². The smallest absolute Gasteiger partial charge is 0.0933 e. The van der Waals surface area contributed by atoms with Crippen molar-refractivity contribution in [2.24, 2.45) is 5.73 Å². The molecule has 18 heavy (non-hydrogen) atoms. The minimum absolute atomic E-state index is 0.155. The molecule has 1 aromatic rings. The number of nitrogens with two attached hydrogens (primary N) is 1. The lowest BCUT2D eigenvalue weighted by atomic mass is 10.1. The summed E-state index contributed by atoms with van der Waals surface area (Å²) >= 11 is 0. The van der Waals surface area contributed by atoms with Crippen LogP contribution in [0.5, 0.6) is 0 Å². The van der Waals surface area contributed by atoms with Crippen molar-refractivity contribution in [1.82, 2.24) is 5.32 Å². The number of hydrogen-bond acceptors (Lipinski definition) is 4. The van der Waals surface area contributed by atoms with Crippen molar-refractivity contribution in [2.75, 3.05) is 26.4 Å². The molecule has 3 rings (SSSR count). The molecule has 3 atom stereocenters. The van der Waals surface area contributed by atoms with Crippen LogP contribution in [0.4, 0.5) is 0 Å². The van der Waals surface area contributed by atoms with Crippen LogP contribution in [0.15, 0.2) is 24.3 Å². The van der Waals surface area contributed by atoms with E-state index in [0.717, 1.165) is 13.0 Å². The van der Waals surface area contributed by atoms with E-state index in [2.05, 4.69) is 29.6 Å². The molecule has 0 aromatic heterocycles. The van der Waals surface area contributed by atoms with Gasteiger partial charge in [0.05, 0.1) is 25.9 Å². The maximum atomic E-state index is 6.15. The van der Waals surface area contributed by atoms with Crippen molar-refractivity contribution < 1.29 is 9.47 Å². The highest BCUT2D eigenvalue weighted by molar-refractivity contribution is 5.37. The van der Waals surface area contributed by atoms with Gasteiger partial charge in [0.1, 0.15) is 0 Å². The van der Waals surface area contributed by atoms with Crippen molar-refractivity contribution in [3.8, 4) is 0 Å². The summed E-state index contributed by atoms with van der Waals surface area (Å²) in [7, 11) is 0. The molecule has 3 unspecified atom stereocenters. The van der Waals surface area contributed by atoms with Crippen LogP contribution in [-0.4, -0.2) is 32.5 Å². The monoisotopic (exact) mass is 248 g/mol. The van der Waals surface area contributed by atoms with Gasteiger partial charge in [-0.3, -0.25) is 0 Å². The number of fused-ring (bicyclic) bond motifs is 1. The second-order valence-corrected chi connectivity index (χ2v) is 5.00. The SMILES string of the molecule is NC1CC(NCC2COCCO2)c2ccccc21. The van der Waals surface area contributed by atoms with Crippen LogP contribution in [0.2, 0.25) is 0 Å². The van der Waals surface area contributed by atoms with E-state index in [1.165, 1.54) is 11.1 Å². The fourth-order valence-corrected chi connectivity index (χ4v) is 2.80. The van der Waals surface area contributed by atoms with E-state index in [9.17, 15) is 0 Å². The molecule has 1 saturated heterocycles. The molecule has 3 N–H and O–H groups in total. The van der Waals surface area contributed by atoms with Crippen molar-refractivity contribution in [1.29, 1.82) is 0 Å². The molecule has 0 radical (unpaired) electrons. The van der Waals surface area contributed by atoms with Gasteiger partial charge in [-0.2, -0.15) is 0 Å². The molecule has 98 valence electrons. The summed E-state index contributed by atoms with van der Waals surface area (Å²) < 4.78 is 11.0. The Morgan fingerprint density at radius 2 is 2.06 bits per heavy atom. The highest BCUT2D eigenvalue weighted by Crippen LogP contribution is 2.36. The van der Waals surface area contributed by atoms with Crippen LogP contribution in [0.1, 0.15) is 29.6 Å². The lowest BCUT2D eigenvalue weighted by molar-refractivity contribution is -0.0871. The molecule has 0 spiro atoms. The minimum atomic E-state index is 0.155. The van der Waals surface area contributed by atoms with Crippen molar-refractivity contribution >= 4 is 0 Å². The highest BCUT2D eigenvalue weighted by Gasteiger charge is 2.28. The number of benzene rings is 1. The quantitative estimate of drug-likeness (QED) is 0.842. The summed E-state index contributed by atoms with van der Waals surface area (Å²) in [4.78, 5) is 0. The van der Waals surface area contributed by atoms with Crippen molar-refractivity contribution in [3.05, 3.63) is 35.4 Å². The summed E-state index contributed by atoms with van der Waals surface area (Å²) in [5, 5.41) is 3.55. The zero-order valence-electron chi connectivity index (χ0n) is 10.5. The van der Waals surface area contributed by atoms with E-state index in [4.69, 9.17) is 15.2 Å². The summed E-state index contributed by atoms with van der Waals surface area (Å²) in [6.07, 6.45) is 1.13. The Morgan fingerprint density at radius 3 is 2.83 bits per heavy atom. The molecule has 1 fully saturated rings. The van der Waals surface area contributed by atoms with E-state index in [0.29, 0.717) is 25.9 Å². The number of hydrogen-bond donors (Lipinski definition) is 2. The molecule has 1 aliphatic heterocycles. The van der Waals surface area contributed by atoms with E-state index >= 15 is 0 Å². The van der Waals surface area contributed by atoms with Gasteiger partial charge in [-0.15, -0.1) is 0 Å². The summed E-state index contributed by atoms with van der Waals surface area (Å²) in [6.45, 7) is 2.93. The van der Waals surface area contributed by atoms with Crippen LogP contribution in [0.3, 0.4) is 0 Å². The second-order valence-electron chi connectivity index (χ2n) is 5.00. The molecule has 1 aliphatic carbocycles. The second kappa shape index (κ2) is 5.36. The minimum Gasteiger partial charge on any atom is -0.376 e. The van der Waals surface area contributed by atoms with E-state index in [1.807, 2.05) is 0 Å². The van der Waals surface area contributed by atoms with E-state index < -0.39 is 0 Å². The number of rotatable bonds is 3. The van der Waals surface area contributed by atoms with Crippen LogP contribution >= 0.6 is 0 Å². The average molecular weight is 248 g/mol. The van der Waals surface area contributed by atoms with Gasteiger partial charge >= 0.3 is 0 Å². The van der Waals surface area contributed by atoms with Crippen molar-refractivity contribution in [3.63, 3.8) is 0 Å². The third kappa shape index (κ3) is 2.42. The van der Waals surface area contributed by atoms with Crippen LogP contribution in [0.25, 0.3) is 0 Å². The van der Waals surface area contributed by atoms with Crippen LogP contribution < -0.4 is 11.1 Å². The van der Waals surface area contributed by atoms with Crippen LogP contribution in [0, 0.1) is 0 Å². The Bertz CT molecular complexity index is 405. The van der Waals surface area contributed by atoms with E-state index in [-0.39, 0.29) is 12.1 Å². The fourth-order valence-electron chi connectivity index (χ4n) is 2.80. The molecule has 0 bridgehead atoms. The summed E-state index contributed by atoms with van der Waals surface area (Å²) in [6, 6.07) is 8.93. The first-order valence-corrected chi connectivity index (χ1v) is 6.61. The molecule has 2 aliphatic rings. The third-order valence-corrected chi connectivity index (χ3v) is 3.74. The lowest BCUT2D eigenvalue weighted by Gasteiger charge is -2.25. The summed E-state index contributed by atoms with van der Waals surface area (Å²) in [5.74, 6) is 0. The van der Waals surface area contributed by atoms with E-state index in [1.54, 1.807) is 0 Å². The topological polar surface area (TPSA) is 56.5 Å². The van der Waals surface area contributed by atoms with Gasteiger partial charge in [0, 0.05) is 18.6 Å². The molecule has 0 saturated carbocycles. The fraction of sp³-hybridized carbons (Fsp3) is 0.571. The largest absolute Gasteiger partial charge is 0.376 e. The van der Waals surface area contributed by atoms with Crippen molar-refractivity contribution in [2.45, 2.75) is 24.6 Å². The maximum Gasteiger partial charge on any atom is 0.0933 e. The standard InChI is InChI=1S/C14H20N2O2/c15-13-7-14(12-4-2-1-3-11(12)13)16-8-10-9-17-5-6-18-10/h1-4,10,13-14,16H,5-9,15H2. The van der Waals surface area contributed by atoms with Crippen LogP contribution in [-0.2, 0) is 9.47 Å². The molecular formula is C14H20N2O2. The zero-order chi connectivity index (χ0) is 12.4. The normalized spacial score (nSPS) is 31.3. The highest BCUT2D eigenvalue weighted by atomic mass is 16.6. The molecule has 0 amide bonds. The van der Waals surface area contributed by atoms with Gasteiger partial charge in [-0.05, 0) is 17.5 Å². The lowest BCUT2D eigenvalue weighted by Crippen LogP contribution is -2.38. The molecule has 1 heterocycles. The first-order valence-electron chi connectivity index (χ1n) is 6.61. The molecule has 4 nitrogen and oxygen atoms in total. The Hall–Kier alpha value is -0.940. The first kappa shape index (κ1) is 12.1. The molecule has 4 heteroatoms. The van der Waals surface area contributed by atoms with Gasteiger partial charge in [0.2, 0.25) is 0 Å². The Kier molecular flexibility index (Phi) is 3.61. The molecular weight excluding hydrogens is 228 g/mol. The average Bonchev–Trinajstić information content (AvgIpc) is 2.75. The van der Waals surface area contributed by atoms with Gasteiger partial charge in [0.25, 0.3) is 0 Å². The predicted octanol–water partition coefficient (Wildman–Crippen LogP) is 1.14. The zero-order valence-corrected chi connectivity index (χ0v) is 10.5. The third-order valence-electron chi connectivity index (χ3n) is 3.74. The van der Waals surface area contributed by atoms with Gasteiger partial charge in [-0.1, -0.05) is 24.3 Å². The Balaban J connectivity index is 1.61. The Morgan fingerprint density at radius 1 is 1.22 bits per heavy atom. The maximum absolute atomic E-state index is 6.15. The number of nitrogens with one attached hydrogen (secondary N) is 1. The van der Waals surface area contributed by atoms with Gasteiger partial charge in [0.15, 0.2) is 0 Å². The summed E-state index contributed by atoms with van der Waals surface area (Å²) in [5.41, 5.74) is 8.76. The number of ether oxygens (including phenoxy) is 2. The Labute approximate surface area is 107 Å². The van der Waals surface area contributed by atoms with Gasteiger partial charge in [-0.25, -0.2) is 0 Å². The predicted molar refractivity (Wildman–Crippen MR) is 69.3 cm³/mol.